The maximum Gasteiger partial charge on any atom is 0.338 e. The van der Waals surface area contributed by atoms with Crippen molar-refractivity contribution in [3.63, 3.8) is 0 Å². The molecule has 0 amide bonds. The number of carboxylic acids is 1. The first kappa shape index (κ1) is 10.8. The van der Waals surface area contributed by atoms with Crippen LogP contribution < -0.4 is 0 Å². The van der Waals surface area contributed by atoms with Crippen LogP contribution in [0.5, 0.6) is 0 Å². The third kappa shape index (κ3) is 2.27. The van der Waals surface area contributed by atoms with E-state index in [9.17, 15) is 4.79 Å². The van der Waals surface area contributed by atoms with Gasteiger partial charge in [0, 0.05) is 4.90 Å². The standard InChI is InChI=1S/C10H9ClO3S/c11-7-2-1-3-8(9(7)10(12)13)15-6-4-14-5-6/h1-3,6H,4-5H2,(H,12,13). The van der Waals surface area contributed by atoms with E-state index in [0.29, 0.717) is 23.4 Å². The molecule has 15 heavy (non-hydrogen) atoms. The lowest BCUT2D eigenvalue weighted by Crippen LogP contribution is -2.30. The van der Waals surface area contributed by atoms with Gasteiger partial charge in [0.05, 0.1) is 29.0 Å². The molecule has 3 nitrogen and oxygen atoms in total. The minimum Gasteiger partial charge on any atom is -0.478 e. The van der Waals surface area contributed by atoms with Crippen LogP contribution in [0.25, 0.3) is 0 Å². The number of hydrogen-bond donors (Lipinski definition) is 1. The summed E-state index contributed by atoms with van der Waals surface area (Å²) in [6.45, 7) is 1.35. The van der Waals surface area contributed by atoms with Gasteiger partial charge in [0.25, 0.3) is 0 Å². The first-order valence-corrected chi connectivity index (χ1v) is 5.70. The van der Waals surface area contributed by atoms with E-state index < -0.39 is 5.97 Å². The number of aromatic carboxylic acids is 1. The van der Waals surface area contributed by atoms with Crippen molar-refractivity contribution in [3.05, 3.63) is 28.8 Å². The summed E-state index contributed by atoms with van der Waals surface area (Å²) in [4.78, 5) is 11.7. The van der Waals surface area contributed by atoms with Gasteiger partial charge in [-0.1, -0.05) is 17.7 Å². The van der Waals surface area contributed by atoms with Crippen LogP contribution in [0.3, 0.4) is 0 Å². The quantitative estimate of drug-likeness (QED) is 0.888. The van der Waals surface area contributed by atoms with E-state index in [1.165, 1.54) is 11.8 Å². The van der Waals surface area contributed by atoms with E-state index in [1.54, 1.807) is 18.2 Å². The summed E-state index contributed by atoms with van der Waals surface area (Å²) in [5.41, 5.74) is 0.191. The summed E-state index contributed by atoms with van der Waals surface area (Å²) in [6.07, 6.45) is 0. The summed E-state index contributed by atoms with van der Waals surface area (Å²) >= 11 is 7.35. The van der Waals surface area contributed by atoms with Gasteiger partial charge in [-0.3, -0.25) is 0 Å². The van der Waals surface area contributed by atoms with Crippen LogP contribution in [0.15, 0.2) is 23.1 Å². The van der Waals surface area contributed by atoms with E-state index >= 15 is 0 Å². The van der Waals surface area contributed by atoms with Crippen LogP contribution in [0.1, 0.15) is 10.4 Å². The number of carboxylic acid groups (broad SMARTS) is 1. The van der Waals surface area contributed by atoms with Gasteiger partial charge in [-0.25, -0.2) is 4.79 Å². The maximum absolute atomic E-state index is 11.0. The fraction of sp³-hybridized carbons (Fsp3) is 0.300. The molecule has 1 aliphatic heterocycles. The van der Waals surface area contributed by atoms with Gasteiger partial charge < -0.3 is 9.84 Å². The Morgan fingerprint density at radius 2 is 2.27 bits per heavy atom. The molecule has 0 aromatic heterocycles. The zero-order valence-electron chi connectivity index (χ0n) is 7.77. The number of benzene rings is 1. The Labute approximate surface area is 96.4 Å². The van der Waals surface area contributed by atoms with Crippen LogP contribution in [-0.4, -0.2) is 29.5 Å². The highest BCUT2D eigenvalue weighted by Crippen LogP contribution is 2.33. The molecule has 1 fully saturated rings. The zero-order valence-corrected chi connectivity index (χ0v) is 9.35. The Morgan fingerprint density at radius 3 is 2.80 bits per heavy atom. The van der Waals surface area contributed by atoms with Crippen molar-refractivity contribution in [1.82, 2.24) is 0 Å². The zero-order chi connectivity index (χ0) is 10.8. The second kappa shape index (κ2) is 4.43. The lowest BCUT2D eigenvalue weighted by atomic mass is 10.2. The van der Waals surface area contributed by atoms with Crippen LogP contribution in [0.4, 0.5) is 0 Å². The summed E-state index contributed by atoms with van der Waals surface area (Å²) in [5.74, 6) is -0.983. The summed E-state index contributed by atoms with van der Waals surface area (Å²) in [5, 5.41) is 9.65. The molecule has 0 aliphatic carbocycles. The number of ether oxygens (including phenoxy) is 1. The molecular formula is C10H9ClO3S. The summed E-state index contributed by atoms with van der Waals surface area (Å²) in [7, 11) is 0. The number of carbonyl (C=O) groups is 1. The minimum absolute atomic E-state index is 0.191. The third-order valence-electron chi connectivity index (χ3n) is 2.09. The van der Waals surface area contributed by atoms with Crippen molar-refractivity contribution in [2.75, 3.05) is 13.2 Å². The number of thioether (sulfide) groups is 1. The van der Waals surface area contributed by atoms with Crippen LogP contribution in [-0.2, 0) is 4.74 Å². The largest absolute Gasteiger partial charge is 0.478 e. The summed E-state index contributed by atoms with van der Waals surface area (Å²) in [6, 6.07) is 5.13. The van der Waals surface area contributed by atoms with Crippen LogP contribution >= 0.6 is 23.4 Å². The highest BCUT2D eigenvalue weighted by atomic mass is 35.5. The van der Waals surface area contributed by atoms with Gasteiger partial charge in [-0.05, 0) is 12.1 Å². The predicted molar refractivity (Wildman–Crippen MR) is 58.9 cm³/mol. The molecule has 1 aromatic rings. The molecule has 5 heteroatoms. The molecule has 0 radical (unpaired) electrons. The lowest BCUT2D eigenvalue weighted by Gasteiger charge is -2.25. The van der Waals surface area contributed by atoms with Crippen molar-refractivity contribution in [1.29, 1.82) is 0 Å². The second-order valence-corrected chi connectivity index (χ2v) is 4.94. The van der Waals surface area contributed by atoms with E-state index in [4.69, 9.17) is 21.4 Å². The molecule has 0 unspecified atom stereocenters. The SMILES string of the molecule is O=C(O)c1c(Cl)cccc1SC1COC1. The first-order valence-electron chi connectivity index (χ1n) is 4.44. The minimum atomic E-state index is -0.983. The van der Waals surface area contributed by atoms with Gasteiger partial charge in [-0.2, -0.15) is 0 Å². The predicted octanol–water partition coefficient (Wildman–Crippen LogP) is 2.53. The van der Waals surface area contributed by atoms with E-state index in [-0.39, 0.29) is 10.6 Å². The maximum atomic E-state index is 11.0. The highest BCUT2D eigenvalue weighted by Gasteiger charge is 2.23. The van der Waals surface area contributed by atoms with E-state index in [2.05, 4.69) is 0 Å². The summed E-state index contributed by atoms with van der Waals surface area (Å²) < 4.78 is 5.04. The number of halogens is 1. The van der Waals surface area contributed by atoms with Gasteiger partial charge in [0.1, 0.15) is 0 Å². The molecule has 1 heterocycles. The molecule has 2 rings (SSSR count). The van der Waals surface area contributed by atoms with Gasteiger partial charge in [-0.15, -0.1) is 11.8 Å². The third-order valence-corrected chi connectivity index (χ3v) is 3.60. The molecule has 0 spiro atoms. The fourth-order valence-corrected chi connectivity index (χ4v) is 2.74. The lowest BCUT2D eigenvalue weighted by molar-refractivity contribution is 0.0454. The first-order chi connectivity index (χ1) is 7.18. The topological polar surface area (TPSA) is 46.5 Å². The molecule has 80 valence electrons. The number of rotatable bonds is 3. The van der Waals surface area contributed by atoms with Crippen molar-refractivity contribution >= 4 is 29.3 Å². The highest BCUT2D eigenvalue weighted by molar-refractivity contribution is 8.00. The molecule has 1 saturated heterocycles. The molecule has 1 N–H and O–H groups in total. The average Bonchev–Trinajstić information content (AvgIpc) is 2.10. The smallest absolute Gasteiger partial charge is 0.338 e. The van der Waals surface area contributed by atoms with Crippen molar-refractivity contribution in [2.45, 2.75) is 10.1 Å². The molecule has 0 saturated carbocycles. The Hall–Kier alpha value is -0.710. The average molecular weight is 245 g/mol. The van der Waals surface area contributed by atoms with Gasteiger partial charge >= 0.3 is 5.97 Å². The Kier molecular flexibility index (Phi) is 3.19. The molecule has 1 aliphatic rings. The van der Waals surface area contributed by atoms with Gasteiger partial charge in [0.2, 0.25) is 0 Å². The normalized spacial score (nSPS) is 16.1. The molecule has 0 atom stereocenters. The fourth-order valence-electron chi connectivity index (χ4n) is 1.27. The van der Waals surface area contributed by atoms with Crippen LogP contribution in [0, 0.1) is 0 Å². The van der Waals surface area contributed by atoms with Crippen LogP contribution in [0.2, 0.25) is 5.02 Å². The van der Waals surface area contributed by atoms with E-state index in [0.717, 1.165) is 0 Å². The Bertz CT molecular complexity index is 390. The monoisotopic (exact) mass is 244 g/mol. The Balaban J connectivity index is 2.27. The van der Waals surface area contributed by atoms with Crippen molar-refractivity contribution in [2.24, 2.45) is 0 Å². The number of hydrogen-bond acceptors (Lipinski definition) is 3. The van der Waals surface area contributed by atoms with Crippen molar-refractivity contribution in [3.8, 4) is 0 Å². The molecular weight excluding hydrogens is 236 g/mol. The Morgan fingerprint density at radius 1 is 1.53 bits per heavy atom. The molecule has 1 aromatic carbocycles. The molecule has 0 bridgehead atoms. The van der Waals surface area contributed by atoms with E-state index in [1.807, 2.05) is 0 Å². The van der Waals surface area contributed by atoms with Crippen molar-refractivity contribution < 1.29 is 14.6 Å². The van der Waals surface area contributed by atoms with Gasteiger partial charge in [0.15, 0.2) is 0 Å². The second-order valence-electron chi connectivity index (χ2n) is 3.20.